The van der Waals surface area contributed by atoms with E-state index in [2.05, 4.69) is 5.32 Å². The molecule has 3 rings (SSSR count). The Labute approximate surface area is 261 Å². The number of hydrogen-bond acceptors (Lipinski definition) is 6. The lowest BCUT2D eigenvalue weighted by Gasteiger charge is -2.34. The van der Waals surface area contributed by atoms with Crippen LogP contribution in [0.5, 0.6) is 0 Å². The molecule has 0 saturated carbocycles. The summed E-state index contributed by atoms with van der Waals surface area (Å²) in [5.74, 6) is -1.10. The maximum absolute atomic E-state index is 14.2. The van der Waals surface area contributed by atoms with E-state index in [0.717, 1.165) is 22.2 Å². The van der Waals surface area contributed by atoms with Gasteiger partial charge in [-0.1, -0.05) is 72.6 Å². The average molecular weight is 650 g/mol. The third kappa shape index (κ3) is 9.16. The second-order valence-electron chi connectivity index (χ2n) is 10.3. The van der Waals surface area contributed by atoms with Crippen molar-refractivity contribution in [1.82, 2.24) is 10.2 Å². The predicted molar refractivity (Wildman–Crippen MR) is 169 cm³/mol. The normalized spacial score (nSPS) is 12.7. The van der Waals surface area contributed by atoms with E-state index in [0.29, 0.717) is 22.6 Å². The van der Waals surface area contributed by atoms with Crippen LogP contribution in [0.1, 0.15) is 37.0 Å². The number of sulfonamides is 1. The molecule has 0 aliphatic rings. The van der Waals surface area contributed by atoms with Gasteiger partial charge >= 0.3 is 0 Å². The summed E-state index contributed by atoms with van der Waals surface area (Å²) in [6.07, 6.45) is 1.71. The smallest absolute Gasteiger partial charge is 0.271 e. The Morgan fingerprint density at radius 1 is 1.00 bits per heavy atom. The molecule has 0 spiro atoms. The van der Waals surface area contributed by atoms with E-state index in [4.69, 9.17) is 23.2 Å². The van der Waals surface area contributed by atoms with Gasteiger partial charge in [-0.25, -0.2) is 8.42 Å². The lowest BCUT2D eigenvalue weighted by atomic mass is 10.0. The molecule has 0 fully saturated rings. The molecule has 0 aliphatic heterocycles. The van der Waals surface area contributed by atoms with Gasteiger partial charge in [0.15, 0.2) is 0 Å². The second kappa shape index (κ2) is 14.7. The largest absolute Gasteiger partial charge is 0.352 e. The minimum Gasteiger partial charge on any atom is -0.352 e. The number of benzene rings is 3. The maximum atomic E-state index is 14.2. The molecule has 1 N–H and O–H groups in total. The zero-order chi connectivity index (χ0) is 31.9. The quantitative estimate of drug-likeness (QED) is 0.192. The highest BCUT2D eigenvalue weighted by molar-refractivity contribution is 7.92. The van der Waals surface area contributed by atoms with Crippen LogP contribution >= 0.6 is 23.2 Å². The first-order valence-corrected chi connectivity index (χ1v) is 16.1. The first kappa shape index (κ1) is 33.8. The van der Waals surface area contributed by atoms with Gasteiger partial charge in [-0.05, 0) is 49.1 Å². The summed E-state index contributed by atoms with van der Waals surface area (Å²) in [4.78, 5) is 40.1. The fraction of sp³-hybridized carbons (Fsp3) is 0.333. The number of aryl methyl sites for hydroxylation is 1. The van der Waals surface area contributed by atoms with Gasteiger partial charge in [-0.15, -0.1) is 0 Å². The summed E-state index contributed by atoms with van der Waals surface area (Å²) in [7, 11) is -4.10. The fourth-order valence-corrected chi connectivity index (χ4v) is 5.62. The second-order valence-corrected chi connectivity index (χ2v) is 13.0. The number of rotatable bonds is 13. The van der Waals surface area contributed by atoms with Gasteiger partial charge < -0.3 is 10.2 Å². The van der Waals surface area contributed by atoms with E-state index in [9.17, 15) is 28.1 Å². The van der Waals surface area contributed by atoms with Gasteiger partial charge in [-0.3, -0.25) is 24.0 Å². The number of nitro groups is 1. The highest BCUT2D eigenvalue weighted by Crippen LogP contribution is 2.29. The van der Waals surface area contributed by atoms with Gasteiger partial charge in [-0.2, -0.15) is 0 Å². The van der Waals surface area contributed by atoms with Gasteiger partial charge in [0.05, 0.1) is 26.9 Å². The fourth-order valence-electron chi connectivity index (χ4n) is 4.40. The Balaban J connectivity index is 2.13. The lowest BCUT2D eigenvalue weighted by molar-refractivity contribution is -0.384. The third-order valence-electron chi connectivity index (χ3n) is 6.96. The molecule has 0 saturated heterocycles. The van der Waals surface area contributed by atoms with Crippen LogP contribution in [0, 0.1) is 17.0 Å². The molecule has 2 atom stereocenters. The summed E-state index contributed by atoms with van der Waals surface area (Å²) in [5, 5.41) is 15.0. The molecule has 230 valence electrons. The summed E-state index contributed by atoms with van der Waals surface area (Å²) in [6.45, 7) is 4.56. The van der Waals surface area contributed by atoms with Gasteiger partial charge in [0, 0.05) is 31.1 Å². The molecule has 3 aromatic carbocycles. The summed E-state index contributed by atoms with van der Waals surface area (Å²) in [5.41, 5.74) is 1.42. The predicted octanol–water partition coefficient (Wildman–Crippen LogP) is 5.53. The summed E-state index contributed by atoms with van der Waals surface area (Å²) in [6, 6.07) is 16.5. The SMILES string of the molecule is CC[C@H](C)NC(=O)[C@@H](Cc1ccccc1)N(Cc1ccc(Cl)c(Cl)c1)C(=O)CN(c1cc([N+](=O)[O-])ccc1C)S(C)(=O)=O. The van der Waals surface area contributed by atoms with Crippen molar-refractivity contribution in [2.24, 2.45) is 0 Å². The molecule has 2 amide bonds. The number of hydrogen-bond donors (Lipinski definition) is 1. The van der Waals surface area contributed by atoms with E-state index < -0.39 is 39.3 Å². The average Bonchev–Trinajstić information content (AvgIpc) is 2.95. The lowest BCUT2D eigenvalue weighted by Crippen LogP contribution is -2.54. The van der Waals surface area contributed by atoms with Crippen LogP contribution in [0.2, 0.25) is 10.0 Å². The number of anilines is 1. The van der Waals surface area contributed by atoms with E-state index in [1.54, 1.807) is 25.1 Å². The summed E-state index contributed by atoms with van der Waals surface area (Å²) >= 11 is 12.4. The van der Waals surface area contributed by atoms with E-state index >= 15 is 0 Å². The standard InChI is InChI=1S/C30H34Cl2N4O6S/c1-5-21(3)33-30(38)28(16-22-9-7-6-8-10-22)34(18-23-12-14-25(31)26(32)15-23)29(37)19-35(43(4,41)42)27-17-24(36(39)40)13-11-20(27)2/h6-15,17,21,28H,5,16,18-19H2,1-4H3,(H,33,38)/t21-,28+/m0/s1. The van der Waals surface area contributed by atoms with Crippen molar-refractivity contribution in [3.63, 3.8) is 0 Å². The topological polar surface area (TPSA) is 130 Å². The molecule has 43 heavy (non-hydrogen) atoms. The van der Waals surface area contributed by atoms with Crippen LogP contribution in [-0.2, 0) is 32.6 Å². The number of nitrogens with one attached hydrogen (secondary N) is 1. The summed E-state index contributed by atoms with van der Waals surface area (Å²) < 4.78 is 26.9. The van der Waals surface area contributed by atoms with Crippen LogP contribution in [-0.4, -0.2) is 54.9 Å². The van der Waals surface area contributed by atoms with Crippen LogP contribution in [0.4, 0.5) is 11.4 Å². The third-order valence-corrected chi connectivity index (χ3v) is 8.83. The first-order valence-electron chi connectivity index (χ1n) is 13.5. The van der Waals surface area contributed by atoms with Crippen LogP contribution in [0.15, 0.2) is 66.7 Å². The molecule has 13 heteroatoms. The van der Waals surface area contributed by atoms with Crippen LogP contribution in [0.25, 0.3) is 0 Å². The highest BCUT2D eigenvalue weighted by atomic mass is 35.5. The van der Waals surface area contributed by atoms with Crippen LogP contribution in [0.3, 0.4) is 0 Å². The number of halogens is 2. The molecule has 0 heterocycles. The monoisotopic (exact) mass is 648 g/mol. The minimum absolute atomic E-state index is 0.0109. The zero-order valence-corrected chi connectivity index (χ0v) is 26.6. The van der Waals surface area contributed by atoms with Gasteiger partial charge in [0.1, 0.15) is 12.6 Å². The van der Waals surface area contributed by atoms with E-state index in [1.807, 2.05) is 44.2 Å². The van der Waals surface area contributed by atoms with Gasteiger partial charge in [0.25, 0.3) is 5.69 Å². The molecule has 0 radical (unpaired) electrons. The van der Waals surface area contributed by atoms with Crippen LogP contribution < -0.4 is 9.62 Å². The van der Waals surface area contributed by atoms with Crippen molar-refractivity contribution in [3.8, 4) is 0 Å². The number of nitrogens with zero attached hydrogens (tertiary/aromatic N) is 3. The molecule has 0 aliphatic carbocycles. The van der Waals surface area contributed by atoms with E-state index in [1.165, 1.54) is 17.0 Å². The molecule has 0 bridgehead atoms. The first-order chi connectivity index (χ1) is 20.2. The Morgan fingerprint density at radius 2 is 1.67 bits per heavy atom. The van der Waals surface area contributed by atoms with Gasteiger partial charge in [0.2, 0.25) is 21.8 Å². The molecule has 10 nitrogen and oxygen atoms in total. The van der Waals surface area contributed by atoms with Crippen molar-refractivity contribution in [2.75, 3.05) is 17.1 Å². The Hall–Kier alpha value is -3.67. The van der Waals surface area contributed by atoms with Crippen molar-refractivity contribution >= 4 is 56.4 Å². The van der Waals surface area contributed by atoms with Crippen molar-refractivity contribution in [2.45, 2.75) is 52.2 Å². The minimum atomic E-state index is -4.10. The molecule has 0 unspecified atom stereocenters. The number of non-ortho nitro benzene ring substituents is 1. The molecular weight excluding hydrogens is 615 g/mol. The maximum Gasteiger partial charge on any atom is 0.271 e. The zero-order valence-electron chi connectivity index (χ0n) is 24.3. The Kier molecular flexibility index (Phi) is 11.5. The number of nitro benzene ring substituents is 1. The molecule has 3 aromatic rings. The molecular formula is C30H34Cl2N4O6S. The number of carbonyl (C=O) groups excluding carboxylic acids is 2. The number of amides is 2. The van der Waals surface area contributed by atoms with Crippen molar-refractivity contribution < 1.29 is 22.9 Å². The van der Waals surface area contributed by atoms with Crippen molar-refractivity contribution in [1.29, 1.82) is 0 Å². The number of carbonyl (C=O) groups is 2. The van der Waals surface area contributed by atoms with Crippen molar-refractivity contribution in [3.05, 3.63) is 104 Å². The Morgan fingerprint density at radius 3 is 2.26 bits per heavy atom. The van der Waals surface area contributed by atoms with E-state index in [-0.39, 0.29) is 35.4 Å². The highest BCUT2D eigenvalue weighted by Gasteiger charge is 2.34. The molecule has 0 aromatic heterocycles. The Bertz CT molecular complexity index is 1590.